The standard InChI is InChI=1S/C28H42NO3/c1-4-5-6-7-8-9-10-12-15-25-18-20-27(21-19-25)31-24-32-28(30)23-29(2,3)22-26-16-13-11-14-17-26/h11,13-14,16-21H,4-10,12,15,22-24H2,1-3H3/q+1. The lowest BCUT2D eigenvalue weighted by Crippen LogP contribution is -2.43. The molecule has 176 valence electrons. The number of benzene rings is 2. The van der Waals surface area contributed by atoms with Crippen molar-refractivity contribution < 1.29 is 18.8 Å². The highest BCUT2D eigenvalue weighted by Gasteiger charge is 2.21. The van der Waals surface area contributed by atoms with E-state index in [2.05, 4.69) is 31.2 Å². The van der Waals surface area contributed by atoms with Gasteiger partial charge in [0.25, 0.3) is 0 Å². The summed E-state index contributed by atoms with van der Waals surface area (Å²) in [5.41, 5.74) is 2.54. The summed E-state index contributed by atoms with van der Waals surface area (Å²) in [4.78, 5) is 12.2. The molecule has 0 N–H and O–H groups in total. The molecule has 0 heterocycles. The van der Waals surface area contributed by atoms with Crippen molar-refractivity contribution in [2.75, 3.05) is 27.4 Å². The number of carbonyl (C=O) groups excluding carboxylic acids is 1. The van der Waals surface area contributed by atoms with Crippen LogP contribution < -0.4 is 4.74 Å². The molecule has 4 heteroatoms. The number of likely N-dealkylation sites (N-methyl/N-ethyl adjacent to an activating group) is 1. The van der Waals surface area contributed by atoms with E-state index in [0.29, 0.717) is 11.0 Å². The van der Waals surface area contributed by atoms with Crippen LogP contribution in [0.2, 0.25) is 0 Å². The van der Waals surface area contributed by atoms with Crippen LogP contribution in [0.1, 0.15) is 69.4 Å². The third-order valence-corrected chi connectivity index (χ3v) is 5.70. The lowest BCUT2D eigenvalue weighted by Gasteiger charge is -2.28. The normalized spacial score (nSPS) is 11.3. The number of ether oxygens (including phenoxy) is 2. The van der Waals surface area contributed by atoms with E-state index >= 15 is 0 Å². The highest BCUT2D eigenvalue weighted by atomic mass is 16.7. The van der Waals surface area contributed by atoms with Gasteiger partial charge in [-0.25, -0.2) is 4.79 Å². The molecule has 0 spiro atoms. The maximum absolute atomic E-state index is 12.2. The first-order valence-electron chi connectivity index (χ1n) is 12.2. The summed E-state index contributed by atoms with van der Waals surface area (Å²) in [7, 11) is 4.06. The van der Waals surface area contributed by atoms with Gasteiger partial charge in [0, 0.05) is 5.56 Å². The Balaban J connectivity index is 1.59. The summed E-state index contributed by atoms with van der Waals surface area (Å²) in [5.74, 6) is 0.479. The van der Waals surface area contributed by atoms with Gasteiger partial charge in [-0.15, -0.1) is 0 Å². The minimum atomic E-state index is -0.253. The van der Waals surface area contributed by atoms with E-state index in [1.54, 1.807) is 0 Å². The van der Waals surface area contributed by atoms with Gasteiger partial charge in [0.15, 0.2) is 6.54 Å². The molecule has 2 rings (SSSR count). The number of nitrogens with zero attached hydrogens (tertiary/aromatic N) is 1. The third kappa shape index (κ3) is 11.3. The Morgan fingerprint density at radius 3 is 2.06 bits per heavy atom. The Morgan fingerprint density at radius 2 is 1.41 bits per heavy atom. The summed E-state index contributed by atoms with van der Waals surface area (Å²) in [6, 6.07) is 18.3. The fraction of sp³-hybridized carbons (Fsp3) is 0.536. The molecule has 0 bridgehead atoms. The van der Waals surface area contributed by atoms with Crippen LogP contribution >= 0.6 is 0 Å². The molecule has 2 aromatic carbocycles. The van der Waals surface area contributed by atoms with E-state index in [9.17, 15) is 4.79 Å². The van der Waals surface area contributed by atoms with Crippen molar-refractivity contribution in [3.63, 3.8) is 0 Å². The summed E-state index contributed by atoms with van der Waals surface area (Å²) >= 11 is 0. The van der Waals surface area contributed by atoms with E-state index in [4.69, 9.17) is 9.47 Å². The lowest BCUT2D eigenvalue weighted by atomic mass is 10.0. The number of hydrogen-bond donors (Lipinski definition) is 0. The molecular formula is C28H42NO3+. The maximum Gasteiger partial charge on any atom is 0.364 e. The van der Waals surface area contributed by atoms with Gasteiger partial charge < -0.3 is 14.0 Å². The monoisotopic (exact) mass is 440 g/mol. The number of esters is 1. The van der Waals surface area contributed by atoms with Gasteiger partial charge in [-0.3, -0.25) is 0 Å². The van der Waals surface area contributed by atoms with Gasteiger partial charge in [-0.05, 0) is 30.5 Å². The van der Waals surface area contributed by atoms with Gasteiger partial charge in [0.05, 0.1) is 14.1 Å². The highest BCUT2D eigenvalue weighted by molar-refractivity contribution is 5.70. The SMILES string of the molecule is CCCCCCCCCCc1ccc(OCOC(=O)C[N+](C)(C)Cc2ccccc2)cc1. The fourth-order valence-electron chi connectivity index (χ4n) is 3.91. The zero-order chi connectivity index (χ0) is 23.1. The van der Waals surface area contributed by atoms with E-state index in [1.807, 2.05) is 44.4 Å². The maximum atomic E-state index is 12.2. The van der Waals surface area contributed by atoms with Crippen LogP contribution in [0.5, 0.6) is 5.75 Å². The molecule has 0 saturated carbocycles. The molecule has 0 saturated heterocycles. The Kier molecular flexibility index (Phi) is 11.9. The second-order valence-electron chi connectivity index (χ2n) is 9.38. The number of rotatable bonds is 16. The molecule has 0 radical (unpaired) electrons. The average Bonchev–Trinajstić information content (AvgIpc) is 2.76. The molecule has 0 aliphatic carbocycles. The van der Waals surface area contributed by atoms with E-state index in [0.717, 1.165) is 18.7 Å². The molecule has 0 atom stereocenters. The first kappa shape index (κ1) is 25.9. The van der Waals surface area contributed by atoms with Crippen LogP contribution in [-0.2, 0) is 22.5 Å². The van der Waals surface area contributed by atoms with Gasteiger partial charge in [-0.2, -0.15) is 0 Å². The predicted octanol–water partition coefficient (Wildman–Crippen LogP) is 6.53. The largest absolute Gasteiger partial charge is 0.457 e. The molecule has 0 unspecified atom stereocenters. The molecular weight excluding hydrogens is 398 g/mol. The molecule has 2 aromatic rings. The number of quaternary nitrogens is 1. The van der Waals surface area contributed by atoms with Gasteiger partial charge in [0.2, 0.25) is 6.79 Å². The van der Waals surface area contributed by atoms with Crippen molar-refractivity contribution in [2.24, 2.45) is 0 Å². The average molecular weight is 441 g/mol. The Hall–Kier alpha value is -2.33. The summed E-state index contributed by atoms with van der Waals surface area (Å²) in [6.45, 7) is 3.28. The minimum Gasteiger partial charge on any atom is -0.457 e. The zero-order valence-electron chi connectivity index (χ0n) is 20.4. The Labute approximate surface area is 195 Å². The summed E-state index contributed by atoms with van der Waals surface area (Å²) in [6.07, 6.45) is 11.8. The fourth-order valence-corrected chi connectivity index (χ4v) is 3.91. The number of carbonyl (C=O) groups is 1. The van der Waals surface area contributed by atoms with Crippen molar-refractivity contribution in [1.29, 1.82) is 0 Å². The van der Waals surface area contributed by atoms with Crippen molar-refractivity contribution in [3.8, 4) is 5.75 Å². The van der Waals surface area contributed by atoms with Crippen LogP contribution in [0, 0.1) is 0 Å². The van der Waals surface area contributed by atoms with Crippen LogP contribution in [0.4, 0.5) is 0 Å². The van der Waals surface area contributed by atoms with Crippen molar-refractivity contribution >= 4 is 5.97 Å². The van der Waals surface area contributed by atoms with E-state index in [1.165, 1.54) is 62.5 Å². The molecule has 0 aliphatic rings. The van der Waals surface area contributed by atoms with Crippen LogP contribution in [0.15, 0.2) is 54.6 Å². The molecule has 32 heavy (non-hydrogen) atoms. The Morgan fingerprint density at radius 1 is 0.781 bits per heavy atom. The molecule has 0 aliphatic heterocycles. The van der Waals surface area contributed by atoms with E-state index < -0.39 is 0 Å². The third-order valence-electron chi connectivity index (χ3n) is 5.70. The first-order valence-corrected chi connectivity index (χ1v) is 12.2. The van der Waals surface area contributed by atoms with Crippen LogP contribution in [0.25, 0.3) is 0 Å². The van der Waals surface area contributed by atoms with Gasteiger partial charge in [-0.1, -0.05) is 94.3 Å². The zero-order valence-corrected chi connectivity index (χ0v) is 20.4. The first-order chi connectivity index (χ1) is 15.5. The van der Waals surface area contributed by atoms with Crippen LogP contribution in [-0.4, -0.2) is 37.9 Å². The topological polar surface area (TPSA) is 35.5 Å². The summed E-state index contributed by atoms with van der Waals surface area (Å²) in [5, 5.41) is 0. The number of aryl methyl sites for hydroxylation is 1. The quantitative estimate of drug-likeness (QED) is 0.129. The summed E-state index contributed by atoms with van der Waals surface area (Å²) < 4.78 is 11.4. The van der Waals surface area contributed by atoms with Crippen molar-refractivity contribution in [3.05, 3.63) is 65.7 Å². The molecule has 0 aromatic heterocycles. The second-order valence-corrected chi connectivity index (χ2v) is 9.38. The highest BCUT2D eigenvalue weighted by Crippen LogP contribution is 2.16. The second kappa shape index (κ2) is 14.7. The lowest BCUT2D eigenvalue weighted by molar-refractivity contribution is -0.896. The van der Waals surface area contributed by atoms with Crippen molar-refractivity contribution in [2.45, 2.75) is 71.3 Å². The predicted molar refractivity (Wildman–Crippen MR) is 131 cm³/mol. The number of unbranched alkanes of at least 4 members (excludes halogenated alkanes) is 7. The molecule has 0 fully saturated rings. The molecule has 0 amide bonds. The Bertz CT molecular complexity index is 756. The van der Waals surface area contributed by atoms with Gasteiger partial charge >= 0.3 is 5.97 Å². The van der Waals surface area contributed by atoms with E-state index in [-0.39, 0.29) is 12.8 Å². The van der Waals surface area contributed by atoms with Crippen molar-refractivity contribution in [1.82, 2.24) is 0 Å². The molecule has 4 nitrogen and oxygen atoms in total. The minimum absolute atomic E-state index is 0.0540. The smallest absolute Gasteiger partial charge is 0.364 e. The van der Waals surface area contributed by atoms with Crippen LogP contribution in [0.3, 0.4) is 0 Å². The van der Waals surface area contributed by atoms with Gasteiger partial charge in [0.1, 0.15) is 12.3 Å². The number of hydrogen-bond acceptors (Lipinski definition) is 3.